The van der Waals surface area contributed by atoms with Gasteiger partial charge in [0.1, 0.15) is 11.5 Å². The zero-order valence-corrected chi connectivity index (χ0v) is 16.7. The fraction of sp³-hybridized carbons (Fsp3) is 0.429. The molecular formula is C21H28N4O4. The number of carbonyl (C=O) groups is 2. The SMILES string of the molecule is CCOc1ccc(CN2CCN(CC(=O)NC(=O)NCc3ccco3)CC2)cc1. The van der Waals surface area contributed by atoms with Crippen LogP contribution in [0, 0.1) is 0 Å². The molecule has 1 aliphatic rings. The number of urea groups is 1. The maximum atomic E-state index is 12.1. The smallest absolute Gasteiger partial charge is 0.321 e. The first kappa shape index (κ1) is 20.9. The van der Waals surface area contributed by atoms with Gasteiger partial charge in [-0.05, 0) is 36.8 Å². The molecule has 0 aliphatic carbocycles. The molecule has 0 spiro atoms. The summed E-state index contributed by atoms with van der Waals surface area (Å²) < 4.78 is 10.6. The number of piperazine rings is 1. The predicted octanol–water partition coefficient (Wildman–Crippen LogP) is 1.82. The number of nitrogens with zero attached hydrogens (tertiary/aromatic N) is 2. The molecule has 2 heterocycles. The van der Waals surface area contributed by atoms with Gasteiger partial charge in [-0.15, -0.1) is 0 Å². The third kappa shape index (κ3) is 6.92. The lowest BCUT2D eigenvalue weighted by molar-refractivity contribution is -0.121. The number of benzene rings is 1. The predicted molar refractivity (Wildman–Crippen MR) is 108 cm³/mol. The molecule has 29 heavy (non-hydrogen) atoms. The van der Waals surface area contributed by atoms with Crippen LogP contribution in [0.15, 0.2) is 47.1 Å². The van der Waals surface area contributed by atoms with E-state index >= 15 is 0 Å². The molecule has 1 fully saturated rings. The van der Waals surface area contributed by atoms with E-state index < -0.39 is 6.03 Å². The molecule has 0 saturated carbocycles. The summed E-state index contributed by atoms with van der Waals surface area (Å²) in [6.07, 6.45) is 1.54. The Hall–Kier alpha value is -2.84. The summed E-state index contributed by atoms with van der Waals surface area (Å²) in [4.78, 5) is 28.3. The number of rotatable bonds is 8. The van der Waals surface area contributed by atoms with Gasteiger partial charge in [0.05, 0.1) is 26.0 Å². The summed E-state index contributed by atoms with van der Waals surface area (Å²) in [5, 5.41) is 4.96. The second-order valence-electron chi connectivity index (χ2n) is 6.94. The van der Waals surface area contributed by atoms with Crippen LogP contribution in [0.4, 0.5) is 4.79 Å². The van der Waals surface area contributed by atoms with Crippen molar-refractivity contribution in [3.05, 3.63) is 54.0 Å². The van der Waals surface area contributed by atoms with Crippen LogP contribution in [0.25, 0.3) is 0 Å². The van der Waals surface area contributed by atoms with E-state index in [4.69, 9.17) is 9.15 Å². The van der Waals surface area contributed by atoms with Crippen LogP contribution in [0.1, 0.15) is 18.2 Å². The Balaban J connectivity index is 1.33. The summed E-state index contributed by atoms with van der Waals surface area (Å²) in [6, 6.07) is 11.2. The van der Waals surface area contributed by atoms with Gasteiger partial charge in [-0.1, -0.05) is 12.1 Å². The minimum atomic E-state index is -0.513. The van der Waals surface area contributed by atoms with E-state index in [2.05, 4.69) is 32.6 Å². The summed E-state index contributed by atoms with van der Waals surface area (Å²) in [6.45, 7) is 7.32. The highest BCUT2D eigenvalue weighted by Gasteiger charge is 2.20. The van der Waals surface area contributed by atoms with Gasteiger partial charge in [0.25, 0.3) is 0 Å². The number of nitrogens with one attached hydrogen (secondary N) is 2. The van der Waals surface area contributed by atoms with Crippen LogP contribution >= 0.6 is 0 Å². The quantitative estimate of drug-likeness (QED) is 0.703. The number of imide groups is 1. The maximum absolute atomic E-state index is 12.1. The van der Waals surface area contributed by atoms with Crippen molar-refractivity contribution in [3.63, 3.8) is 0 Å². The maximum Gasteiger partial charge on any atom is 0.321 e. The Morgan fingerprint density at radius 3 is 2.45 bits per heavy atom. The van der Waals surface area contributed by atoms with Crippen molar-refractivity contribution in [2.24, 2.45) is 0 Å². The highest BCUT2D eigenvalue weighted by atomic mass is 16.5. The molecule has 1 saturated heterocycles. The number of amides is 3. The van der Waals surface area contributed by atoms with Crippen molar-refractivity contribution < 1.29 is 18.7 Å². The van der Waals surface area contributed by atoms with E-state index in [1.807, 2.05) is 19.1 Å². The van der Waals surface area contributed by atoms with E-state index in [0.29, 0.717) is 12.4 Å². The lowest BCUT2D eigenvalue weighted by atomic mass is 10.2. The molecule has 3 amide bonds. The van der Waals surface area contributed by atoms with Crippen LogP contribution < -0.4 is 15.4 Å². The normalized spacial score (nSPS) is 15.1. The summed E-state index contributed by atoms with van der Waals surface area (Å²) >= 11 is 0. The largest absolute Gasteiger partial charge is 0.494 e. The Bertz CT molecular complexity index is 768. The monoisotopic (exact) mass is 400 g/mol. The van der Waals surface area contributed by atoms with Crippen molar-refractivity contribution in [1.29, 1.82) is 0 Å². The molecule has 1 aromatic carbocycles. The molecule has 2 N–H and O–H groups in total. The van der Waals surface area contributed by atoms with Gasteiger partial charge in [0, 0.05) is 32.7 Å². The molecule has 0 bridgehead atoms. The number of carbonyl (C=O) groups excluding carboxylic acids is 2. The molecule has 156 valence electrons. The third-order valence-corrected chi connectivity index (χ3v) is 4.73. The standard InChI is InChI=1S/C21H28N4O4/c1-2-28-18-7-5-17(6-8-18)15-24-9-11-25(12-10-24)16-20(26)23-21(27)22-14-19-4-3-13-29-19/h3-8,13H,2,9-12,14-16H2,1H3,(H2,22,23,26,27). The van der Waals surface area contributed by atoms with Crippen molar-refractivity contribution in [2.45, 2.75) is 20.0 Å². The minimum Gasteiger partial charge on any atom is -0.494 e. The first-order chi connectivity index (χ1) is 14.1. The van der Waals surface area contributed by atoms with Crippen molar-refractivity contribution >= 4 is 11.9 Å². The average molecular weight is 400 g/mol. The number of hydrogen-bond acceptors (Lipinski definition) is 6. The van der Waals surface area contributed by atoms with Gasteiger partial charge in [0.15, 0.2) is 0 Å². The number of furan rings is 1. The van der Waals surface area contributed by atoms with Crippen molar-refractivity contribution in [2.75, 3.05) is 39.3 Å². The molecule has 0 radical (unpaired) electrons. The Kier molecular flexibility index (Phi) is 7.66. The highest BCUT2D eigenvalue weighted by molar-refractivity contribution is 5.95. The van der Waals surface area contributed by atoms with E-state index in [-0.39, 0.29) is 19.0 Å². The van der Waals surface area contributed by atoms with E-state index in [9.17, 15) is 9.59 Å². The summed E-state index contributed by atoms with van der Waals surface area (Å²) in [5.74, 6) is 1.22. The van der Waals surface area contributed by atoms with Crippen LogP contribution in [0.3, 0.4) is 0 Å². The topological polar surface area (TPSA) is 87.0 Å². The van der Waals surface area contributed by atoms with E-state index in [0.717, 1.165) is 38.5 Å². The zero-order chi connectivity index (χ0) is 20.5. The average Bonchev–Trinajstić information content (AvgIpc) is 3.23. The third-order valence-electron chi connectivity index (χ3n) is 4.73. The van der Waals surface area contributed by atoms with E-state index in [1.54, 1.807) is 12.1 Å². The molecule has 0 unspecified atom stereocenters. The van der Waals surface area contributed by atoms with Gasteiger partial charge in [-0.2, -0.15) is 0 Å². The minimum absolute atomic E-state index is 0.213. The molecule has 8 nitrogen and oxygen atoms in total. The second-order valence-corrected chi connectivity index (χ2v) is 6.94. The van der Waals surface area contributed by atoms with Gasteiger partial charge in [0.2, 0.25) is 5.91 Å². The number of hydrogen-bond donors (Lipinski definition) is 2. The molecule has 3 rings (SSSR count). The Morgan fingerprint density at radius 2 is 1.79 bits per heavy atom. The number of ether oxygens (including phenoxy) is 1. The lowest BCUT2D eigenvalue weighted by Gasteiger charge is -2.34. The lowest BCUT2D eigenvalue weighted by Crippen LogP contribution is -2.50. The van der Waals surface area contributed by atoms with Gasteiger partial charge in [-0.25, -0.2) is 4.79 Å². The Morgan fingerprint density at radius 1 is 1.07 bits per heavy atom. The van der Waals surface area contributed by atoms with E-state index in [1.165, 1.54) is 11.8 Å². The second kappa shape index (κ2) is 10.6. The molecule has 0 atom stereocenters. The van der Waals surface area contributed by atoms with Crippen LogP contribution in [0.2, 0.25) is 0 Å². The molecule has 8 heteroatoms. The molecule has 1 aliphatic heterocycles. The first-order valence-electron chi connectivity index (χ1n) is 9.89. The van der Waals surface area contributed by atoms with Crippen LogP contribution in [0.5, 0.6) is 5.75 Å². The van der Waals surface area contributed by atoms with Crippen LogP contribution in [-0.2, 0) is 17.9 Å². The molecule has 1 aromatic heterocycles. The van der Waals surface area contributed by atoms with Gasteiger partial charge in [-0.3, -0.25) is 19.9 Å². The van der Waals surface area contributed by atoms with Crippen LogP contribution in [-0.4, -0.2) is 61.1 Å². The first-order valence-corrected chi connectivity index (χ1v) is 9.89. The van der Waals surface area contributed by atoms with Gasteiger partial charge >= 0.3 is 6.03 Å². The van der Waals surface area contributed by atoms with Crippen molar-refractivity contribution in [3.8, 4) is 5.75 Å². The Labute approximate surface area is 170 Å². The summed E-state index contributed by atoms with van der Waals surface area (Å²) in [7, 11) is 0. The molecule has 2 aromatic rings. The molecular weight excluding hydrogens is 372 g/mol. The fourth-order valence-corrected chi connectivity index (χ4v) is 3.22. The fourth-order valence-electron chi connectivity index (χ4n) is 3.22. The zero-order valence-electron chi connectivity index (χ0n) is 16.7. The summed E-state index contributed by atoms with van der Waals surface area (Å²) in [5.41, 5.74) is 1.24. The van der Waals surface area contributed by atoms with Crippen molar-refractivity contribution in [1.82, 2.24) is 20.4 Å². The highest BCUT2D eigenvalue weighted by Crippen LogP contribution is 2.14. The van der Waals surface area contributed by atoms with Gasteiger partial charge < -0.3 is 14.5 Å².